The van der Waals surface area contributed by atoms with Crippen LogP contribution in [-0.2, 0) is 13.6 Å². The third-order valence-electron chi connectivity index (χ3n) is 5.98. The lowest BCUT2D eigenvalue weighted by atomic mass is 10.1. The summed E-state index contributed by atoms with van der Waals surface area (Å²) in [6.07, 6.45) is -8.16. The fourth-order valence-electron chi connectivity index (χ4n) is 4.11. The highest BCUT2D eigenvalue weighted by molar-refractivity contribution is 6.10. The molecule has 0 unspecified atom stereocenters. The summed E-state index contributed by atoms with van der Waals surface area (Å²) < 4.78 is 81.8. The molecule has 39 heavy (non-hydrogen) atoms. The molecular weight excluding hydrogens is 532 g/mol. The first-order valence-corrected chi connectivity index (χ1v) is 11.4. The van der Waals surface area contributed by atoms with Crippen molar-refractivity contribution < 1.29 is 35.9 Å². The van der Waals surface area contributed by atoms with Crippen molar-refractivity contribution in [3.05, 3.63) is 60.0 Å². The highest BCUT2D eigenvalue weighted by atomic mass is 19.4. The van der Waals surface area contributed by atoms with Gasteiger partial charge in [0, 0.05) is 24.5 Å². The summed E-state index contributed by atoms with van der Waals surface area (Å²) in [5.74, 6) is -0.147. The van der Waals surface area contributed by atoms with Crippen molar-refractivity contribution in [2.45, 2.75) is 26.0 Å². The number of aryl methyl sites for hydroxylation is 2. The number of anilines is 4. The van der Waals surface area contributed by atoms with Gasteiger partial charge in [0.25, 0.3) is 0 Å². The van der Waals surface area contributed by atoms with Crippen LogP contribution in [0.15, 0.2) is 48.7 Å². The number of imidazole rings is 1. The van der Waals surface area contributed by atoms with Gasteiger partial charge in [-0.05, 0) is 49.4 Å². The number of ether oxygens (including phenoxy) is 1. The van der Waals surface area contributed by atoms with E-state index in [0.29, 0.717) is 16.8 Å². The number of amides is 2. The van der Waals surface area contributed by atoms with E-state index < -0.39 is 30.9 Å². The van der Waals surface area contributed by atoms with Crippen molar-refractivity contribution in [1.29, 1.82) is 0 Å². The van der Waals surface area contributed by atoms with Gasteiger partial charge in [-0.1, -0.05) is 0 Å². The Morgan fingerprint density at radius 1 is 1.00 bits per heavy atom. The molecule has 3 heterocycles. The van der Waals surface area contributed by atoms with Crippen LogP contribution in [-0.4, -0.2) is 44.6 Å². The summed E-state index contributed by atoms with van der Waals surface area (Å²) >= 11 is 0. The van der Waals surface area contributed by atoms with Gasteiger partial charge in [-0.15, -0.1) is 13.2 Å². The maximum absolute atomic E-state index is 13.8. The third-order valence-corrected chi connectivity index (χ3v) is 5.98. The van der Waals surface area contributed by atoms with Gasteiger partial charge in [-0.3, -0.25) is 4.90 Å². The summed E-state index contributed by atoms with van der Waals surface area (Å²) in [5.41, 5.74) is 2.46. The smallest absolute Gasteiger partial charge is 0.406 e. The number of benzene rings is 2. The Kier molecular flexibility index (Phi) is 6.23. The Morgan fingerprint density at radius 3 is 2.36 bits per heavy atom. The maximum Gasteiger partial charge on any atom is 0.573 e. The quantitative estimate of drug-likeness (QED) is 0.315. The molecule has 0 fully saturated rings. The minimum absolute atomic E-state index is 0.0121. The van der Waals surface area contributed by atoms with Crippen LogP contribution in [0.3, 0.4) is 0 Å². The lowest BCUT2D eigenvalue weighted by Crippen LogP contribution is -2.45. The van der Waals surface area contributed by atoms with E-state index in [0.717, 1.165) is 28.4 Å². The van der Waals surface area contributed by atoms with Crippen molar-refractivity contribution in [3.63, 3.8) is 0 Å². The monoisotopic (exact) mass is 551 g/mol. The van der Waals surface area contributed by atoms with E-state index in [1.165, 1.54) is 23.2 Å². The third kappa shape index (κ3) is 5.37. The number of urea groups is 1. The Balaban J connectivity index is 1.57. The Labute approximate surface area is 216 Å². The van der Waals surface area contributed by atoms with Gasteiger partial charge in [0.2, 0.25) is 5.95 Å². The van der Waals surface area contributed by atoms with E-state index in [9.17, 15) is 31.1 Å². The number of hydrogen-bond donors (Lipinski definition) is 1. The molecule has 9 nitrogen and oxygen atoms in total. The zero-order valence-corrected chi connectivity index (χ0v) is 20.3. The van der Waals surface area contributed by atoms with Crippen LogP contribution >= 0.6 is 0 Å². The van der Waals surface area contributed by atoms with Gasteiger partial charge in [0.05, 0.1) is 23.3 Å². The van der Waals surface area contributed by atoms with Crippen LogP contribution in [0, 0.1) is 6.92 Å². The zero-order valence-electron chi connectivity index (χ0n) is 20.3. The molecule has 0 aliphatic carbocycles. The fourth-order valence-corrected chi connectivity index (χ4v) is 4.11. The minimum Gasteiger partial charge on any atom is -0.406 e. The number of fused-ring (bicyclic) bond motifs is 2. The Morgan fingerprint density at radius 2 is 1.69 bits per heavy atom. The largest absolute Gasteiger partial charge is 0.573 e. The molecule has 2 amide bonds. The van der Waals surface area contributed by atoms with E-state index in [4.69, 9.17) is 0 Å². The predicted molar refractivity (Wildman–Crippen MR) is 129 cm³/mol. The molecule has 0 bridgehead atoms. The number of rotatable bonds is 5. The van der Waals surface area contributed by atoms with Crippen LogP contribution in [0.25, 0.3) is 11.0 Å². The molecule has 4 aromatic rings. The number of nitrogens with one attached hydrogen (secondary N) is 1. The molecule has 1 aliphatic rings. The average molecular weight is 551 g/mol. The number of carbonyl (C=O) groups is 1. The first kappa shape index (κ1) is 26.1. The van der Waals surface area contributed by atoms with Gasteiger partial charge in [-0.25, -0.2) is 19.7 Å². The van der Waals surface area contributed by atoms with Gasteiger partial charge < -0.3 is 14.6 Å². The number of nitrogens with zero attached hydrogens (tertiary/aromatic N) is 6. The maximum atomic E-state index is 13.8. The molecule has 0 saturated heterocycles. The van der Waals surface area contributed by atoms with Gasteiger partial charge in [-0.2, -0.15) is 18.2 Å². The highest BCUT2D eigenvalue weighted by Gasteiger charge is 2.36. The van der Waals surface area contributed by atoms with Crippen molar-refractivity contribution in [1.82, 2.24) is 19.5 Å². The Bertz CT molecular complexity index is 1550. The van der Waals surface area contributed by atoms with Crippen molar-refractivity contribution in [3.8, 4) is 5.75 Å². The van der Waals surface area contributed by atoms with Crippen LogP contribution in [0.1, 0.15) is 11.4 Å². The number of aromatic nitrogens is 4. The van der Waals surface area contributed by atoms with E-state index in [2.05, 4.69) is 25.0 Å². The van der Waals surface area contributed by atoms with E-state index in [1.54, 1.807) is 18.2 Å². The van der Waals surface area contributed by atoms with Crippen molar-refractivity contribution in [2.24, 2.45) is 7.05 Å². The van der Waals surface area contributed by atoms with Gasteiger partial charge >= 0.3 is 18.6 Å². The number of hydrogen-bond acceptors (Lipinski definition) is 6. The second-order valence-electron chi connectivity index (χ2n) is 8.65. The van der Waals surface area contributed by atoms with Crippen LogP contribution in [0.4, 0.5) is 54.3 Å². The van der Waals surface area contributed by atoms with Gasteiger partial charge in [0.15, 0.2) is 5.82 Å². The molecule has 0 atom stereocenters. The molecule has 0 radical (unpaired) electrons. The molecule has 5 rings (SSSR count). The molecule has 1 N–H and O–H groups in total. The second-order valence-corrected chi connectivity index (χ2v) is 8.65. The standard InChI is InChI=1S/C24H19F6N7O2/c1-13-33-18-8-5-16(9-19(18)35(13)2)36-11-14-10-31-21(32-12-23(25,26)27)34-20(14)37(22(36)38)15-3-6-17(7-4-15)39-24(28,29)30/h3-10H,11-12H2,1-2H3,(H,31,32,34). The summed E-state index contributed by atoms with van der Waals surface area (Å²) in [4.78, 5) is 28.8. The van der Waals surface area contributed by atoms with E-state index >= 15 is 0 Å². The number of carbonyl (C=O) groups excluding carboxylic acids is 1. The van der Waals surface area contributed by atoms with Crippen LogP contribution in [0.5, 0.6) is 5.75 Å². The molecule has 204 valence electrons. The Hall–Kier alpha value is -4.56. The lowest BCUT2D eigenvalue weighted by molar-refractivity contribution is -0.274. The first-order chi connectivity index (χ1) is 18.3. The van der Waals surface area contributed by atoms with Crippen LogP contribution in [0.2, 0.25) is 0 Å². The second kappa shape index (κ2) is 9.32. The average Bonchev–Trinajstić information content (AvgIpc) is 3.14. The molecule has 15 heteroatoms. The molecule has 2 aromatic heterocycles. The number of halogens is 6. The van der Waals surface area contributed by atoms with Crippen molar-refractivity contribution >= 4 is 40.2 Å². The predicted octanol–water partition coefficient (Wildman–Crippen LogP) is 5.82. The lowest BCUT2D eigenvalue weighted by Gasteiger charge is -2.36. The molecule has 2 aromatic carbocycles. The fraction of sp³-hybridized carbons (Fsp3) is 0.250. The van der Waals surface area contributed by atoms with E-state index in [-0.39, 0.29) is 24.0 Å². The van der Waals surface area contributed by atoms with Crippen LogP contribution < -0.4 is 19.9 Å². The van der Waals surface area contributed by atoms with Gasteiger partial charge in [0.1, 0.15) is 18.1 Å². The summed E-state index contributed by atoms with van der Waals surface area (Å²) in [5, 5.41) is 2.07. The highest BCUT2D eigenvalue weighted by Crippen LogP contribution is 2.38. The first-order valence-electron chi connectivity index (χ1n) is 11.4. The molecule has 1 aliphatic heterocycles. The summed E-state index contributed by atoms with van der Waals surface area (Å²) in [6.45, 7) is 0.416. The molecule has 0 spiro atoms. The SMILES string of the molecule is Cc1nc2ccc(N3Cc4cnc(NCC(F)(F)F)nc4N(c4ccc(OC(F)(F)F)cc4)C3=O)cc2n1C. The van der Waals surface area contributed by atoms with Crippen molar-refractivity contribution in [2.75, 3.05) is 21.7 Å². The normalized spacial score (nSPS) is 14.1. The molecular formula is C24H19F6N7O2. The van der Waals surface area contributed by atoms with E-state index in [1.807, 2.05) is 18.5 Å². The number of alkyl halides is 6. The topological polar surface area (TPSA) is 88.4 Å². The minimum atomic E-state index is -4.92. The summed E-state index contributed by atoms with van der Waals surface area (Å²) in [6, 6.07) is 9.02. The zero-order chi connectivity index (χ0) is 28.1. The molecule has 0 saturated carbocycles. The summed E-state index contributed by atoms with van der Waals surface area (Å²) in [7, 11) is 1.82.